The van der Waals surface area contributed by atoms with E-state index in [1.54, 1.807) is 44.4 Å². The number of amides is 1. The lowest BCUT2D eigenvalue weighted by atomic mass is 10.1. The molecule has 0 aliphatic carbocycles. The number of aliphatic hydroxyl groups is 1. The molecule has 112 valence electrons. The van der Waals surface area contributed by atoms with Crippen molar-refractivity contribution in [1.82, 2.24) is 9.88 Å². The molecule has 5 heteroatoms. The molecule has 0 saturated heterocycles. The van der Waals surface area contributed by atoms with Gasteiger partial charge in [0.15, 0.2) is 0 Å². The first-order valence-electron chi connectivity index (χ1n) is 6.77. The third-order valence-electron chi connectivity index (χ3n) is 2.97. The van der Waals surface area contributed by atoms with Gasteiger partial charge in [0.25, 0.3) is 5.91 Å². The lowest BCUT2D eigenvalue weighted by Crippen LogP contribution is -2.39. The second-order valence-corrected chi connectivity index (χ2v) is 6.70. The number of benzene rings is 1. The zero-order valence-corrected chi connectivity index (χ0v) is 13.6. The van der Waals surface area contributed by atoms with Gasteiger partial charge in [0, 0.05) is 35.8 Å². The van der Waals surface area contributed by atoms with Crippen molar-refractivity contribution in [2.24, 2.45) is 0 Å². The number of aromatic nitrogens is 1. The number of thiazole rings is 1. The Bertz CT molecular complexity index is 626. The summed E-state index contributed by atoms with van der Waals surface area (Å²) in [7, 11) is 1.69. The van der Waals surface area contributed by atoms with Gasteiger partial charge in [-0.05, 0) is 32.9 Å². The highest BCUT2D eigenvalue weighted by Crippen LogP contribution is 2.24. The Morgan fingerprint density at radius 2 is 1.95 bits per heavy atom. The summed E-state index contributed by atoms with van der Waals surface area (Å²) in [6, 6.07) is 7.41. The lowest BCUT2D eigenvalue weighted by molar-refractivity contribution is 0.0368. The summed E-state index contributed by atoms with van der Waals surface area (Å²) < 4.78 is 0. The number of carbonyl (C=O) groups excluding carboxylic acids is 1. The third-order valence-corrected chi connectivity index (χ3v) is 3.98. The van der Waals surface area contributed by atoms with Gasteiger partial charge >= 0.3 is 0 Å². The molecule has 4 nitrogen and oxygen atoms in total. The summed E-state index contributed by atoms with van der Waals surface area (Å²) >= 11 is 1.59. The van der Waals surface area contributed by atoms with Gasteiger partial charge < -0.3 is 10.0 Å². The van der Waals surface area contributed by atoms with Crippen LogP contribution >= 0.6 is 11.3 Å². The topological polar surface area (TPSA) is 53.4 Å². The van der Waals surface area contributed by atoms with Crippen LogP contribution in [0.15, 0.2) is 29.6 Å². The van der Waals surface area contributed by atoms with E-state index in [0.29, 0.717) is 12.1 Å². The van der Waals surface area contributed by atoms with Crippen LogP contribution < -0.4 is 0 Å². The van der Waals surface area contributed by atoms with E-state index >= 15 is 0 Å². The van der Waals surface area contributed by atoms with Gasteiger partial charge in [0.2, 0.25) is 0 Å². The summed E-state index contributed by atoms with van der Waals surface area (Å²) in [5, 5.41) is 12.7. The molecule has 0 bridgehead atoms. The first kappa shape index (κ1) is 15.7. The van der Waals surface area contributed by atoms with Crippen LogP contribution in [0.3, 0.4) is 0 Å². The number of hydrogen-bond donors (Lipinski definition) is 1. The predicted molar refractivity (Wildman–Crippen MR) is 85.5 cm³/mol. The van der Waals surface area contributed by atoms with Crippen molar-refractivity contribution >= 4 is 17.2 Å². The standard InChI is InChI=1S/C16H20N2O2S/c1-11-9-21-14(17-11)12-5-7-13(8-6-12)15(19)18(4)10-16(2,3)20/h5-9,20H,10H2,1-4H3. The minimum absolute atomic E-state index is 0.0982. The van der Waals surface area contributed by atoms with E-state index in [1.165, 1.54) is 4.90 Å². The average Bonchev–Trinajstić information content (AvgIpc) is 2.83. The van der Waals surface area contributed by atoms with E-state index in [2.05, 4.69) is 4.98 Å². The molecule has 0 unspecified atom stereocenters. The van der Waals surface area contributed by atoms with E-state index in [0.717, 1.165) is 16.3 Å². The van der Waals surface area contributed by atoms with Gasteiger partial charge in [-0.15, -0.1) is 11.3 Å². The summed E-state index contributed by atoms with van der Waals surface area (Å²) in [5.74, 6) is -0.0982. The fourth-order valence-corrected chi connectivity index (χ4v) is 2.92. The molecule has 1 aromatic heterocycles. The van der Waals surface area contributed by atoms with Crippen molar-refractivity contribution in [3.05, 3.63) is 40.9 Å². The van der Waals surface area contributed by atoms with Crippen LogP contribution in [0.5, 0.6) is 0 Å². The van der Waals surface area contributed by atoms with Crippen molar-refractivity contribution in [3.8, 4) is 10.6 Å². The molecule has 2 aromatic rings. The van der Waals surface area contributed by atoms with Crippen LogP contribution in [-0.2, 0) is 0 Å². The molecule has 0 fully saturated rings. The molecule has 0 spiro atoms. The lowest BCUT2D eigenvalue weighted by Gasteiger charge is -2.25. The summed E-state index contributed by atoms with van der Waals surface area (Å²) in [6.07, 6.45) is 0. The van der Waals surface area contributed by atoms with Crippen LogP contribution in [-0.4, -0.2) is 40.1 Å². The molecule has 1 amide bonds. The Kier molecular flexibility index (Phi) is 4.44. The zero-order valence-electron chi connectivity index (χ0n) is 12.8. The van der Waals surface area contributed by atoms with E-state index in [1.807, 2.05) is 24.4 Å². The minimum Gasteiger partial charge on any atom is -0.389 e. The summed E-state index contributed by atoms with van der Waals surface area (Å²) in [5.41, 5.74) is 1.72. The molecule has 1 aromatic carbocycles. The maximum absolute atomic E-state index is 12.3. The van der Waals surface area contributed by atoms with Crippen molar-refractivity contribution in [3.63, 3.8) is 0 Å². The first-order valence-corrected chi connectivity index (χ1v) is 7.65. The van der Waals surface area contributed by atoms with E-state index in [4.69, 9.17) is 0 Å². The highest BCUT2D eigenvalue weighted by molar-refractivity contribution is 7.13. The van der Waals surface area contributed by atoms with Crippen LogP contribution in [0, 0.1) is 6.92 Å². The molecule has 2 rings (SSSR count). The summed E-state index contributed by atoms with van der Waals surface area (Å²) in [6.45, 7) is 5.62. The number of nitrogens with zero attached hydrogens (tertiary/aromatic N) is 2. The fraction of sp³-hybridized carbons (Fsp3) is 0.375. The molecule has 0 atom stereocenters. The van der Waals surface area contributed by atoms with Gasteiger partial charge in [-0.25, -0.2) is 4.98 Å². The molecule has 21 heavy (non-hydrogen) atoms. The molecule has 0 radical (unpaired) electrons. The number of rotatable bonds is 4. The number of aryl methyl sites for hydroxylation is 1. The normalized spacial score (nSPS) is 11.5. The Hall–Kier alpha value is -1.72. The van der Waals surface area contributed by atoms with Gasteiger partial charge in [0.1, 0.15) is 5.01 Å². The number of hydrogen-bond acceptors (Lipinski definition) is 4. The molecular formula is C16H20N2O2S. The van der Waals surface area contributed by atoms with Crippen molar-refractivity contribution in [2.45, 2.75) is 26.4 Å². The fourth-order valence-electron chi connectivity index (χ4n) is 2.11. The van der Waals surface area contributed by atoms with Gasteiger partial charge in [-0.2, -0.15) is 0 Å². The third kappa shape index (κ3) is 4.12. The SMILES string of the molecule is Cc1csc(-c2ccc(C(=O)N(C)CC(C)(C)O)cc2)n1. The molecule has 1 N–H and O–H groups in total. The predicted octanol–water partition coefficient (Wildman–Crippen LogP) is 2.96. The van der Waals surface area contributed by atoms with E-state index < -0.39 is 5.60 Å². The molecule has 1 heterocycles. The van der Waals surface area contributed by atoms with Gasteiger partial charge in [0.05, 0.1) is 5.60 Å². The Morgan fingerprint density at radius 3 is 2.43 bits per heavy atom. The highest BCUT2D eigenvalue weighted by atomic mass is 32.1. The van der Waals surface area contributed by atoms with Crippen molar-refractivity contribution < 1.29 is 9.90 Å². The Labute approximate surface area is 129 Å². The number of likely N-dealkylation sites (N-methyl/N-ethyl adjacent to an activating group) is 1. The quantitative estimate of drug-likeness (QED) is 0.945. The second kappa shape index (κ2) is 5.95. The molecule has 0 aliphatic heterocycles. The van der Waals surface area contributed by atoms with Crippen molar-refractivity contribution in [2.75, 3.05) is 13.6 Å². The zero-order chi connectivity index (χ0) is 15.6. The molecule has 0 aliphatic rings. The van der Waals surface area contributed by atoms with Crippen LogP contribution in [0.4, 0.5) is 0 Å². The van der Waals surface area contributed by atoms with Crippen LogP contribution in [0.25, 0.3) is 10.6 Å². The first-order chi connectivity index (χ1) is 9.76. The monoisotopic (exact) mass is 304 g/mol. The molecular weight excluding hydrogens is 284 g/mol. The smallest absolute Gasteiger partial charge is 0.253 e. The van der Waals surface area contributed by atoms with Crippen LogP contribution in [0.1, 0.15) is 29.9 Å². The second-order valence-electron chi connectivity index (χ2n) is 5.85. The van der Waals surface area contributed by atoms with Gasteiger partial charge in [-0.1, -0.05) is 12.1 Å². The highest BCUT2D eigenvalue weighted by Gasteiger charge is 2.20. The Morgan fingerprint density at radius 1 is 1.33 bits per heavy atom. The summed E-state index contributed by atoms with van der Waals surface area (Å²) in [4.78, 5) is 18.2. The van der Waals surface area contributed by atoms with E-state index in [9.17, 15) is 9.90 Å². The Balaban J connectivity index is 2.13. The maximum atomic E-state index is 12.3. The number of carbonyl (C=O) groups is 1. The molecule has 0 saturated carbocycles. The van der Waals surface area contributed by atoms with Crippen LogP contribution in [0.2, 0.25) is 0 Å². The van der Waals surface area contributed by atoms with Crippen molar-refractivity contribution in [1.29, 1.82) is 0 Å². The minimum atomic E-state index is -0.900. The van der Waals surface area contributed by atoms with Gasteiger partial charge in [-0.3, -0.25) is 4.79 Å². The largest absolute Gasteiger partial charge is 0.389 e. The average molecular weight is 304 g/mol. The maximum Gasteiger partial charge on any atom is 0.253 e. The van der Waals surface area contributed by atoms with E-state index in [-0.39, 0.29) is 5.91 Å².